The fourth-order valence-electron chi connectivity index (χ4n) is 1.99. The first-order valence-corrected chi connectivity index (χ1v) is 7.87. The molecule has 0 fully saturated rings. The van der Waals surface area contributed by atoms with Crippen LogP contribution in [0.15, 0.2) is 0 Å². The molecule has 0 aromatic heterocycles. The van der Waals surface area contributed by atoms with Crippen LogP contribution in [-0.2, 0) is 19.5 Å². The van der Waals surface area contributed by atoms with Gasteiger partial charge in [-0.15, -0.1) is 11.8 Å². The molecule has 18 heavy (non-hydrogen) atoms. The van der Waals surface area contributed by atoms with Crippen molar-refractivity contribution in [3.05, 3.63) is 0 Å². The molecule has 0 aliphatic heterocycles. The molecule has 0 radical (unpaired) electrons. The van der Waals surface area contributed by atoms with Gasteiger partial charge in [-0.2, -0.15) is 0 Å². The van der Waals surface area contributed by atoms with Gasteiger partial charge in [0.25, 0.3) is 0 Å². The van der Waals surface area contributed by atoms with Gasteiger partial charge in [0.15, 0.2) is 0 Å². The second kappa shape index (κ2) is 19.5. The fraction of sp³-hybridized carbons (Fsp3) is 0.882. The summed E-state index contributed by atoms with van der Waals surface area (Å²) in [5.74, 6) is 6.62. The van der Waals surface area contributed by atoms with E-state index < -0.39 is 0 Å². The minimum Gasteiger partial charge on any atom is -0.103 e. The van der Waals surface area contributed by atoms with Crippen LogP contribution in [0.4, 0.5) is 0 Å². The Bertz CT molecular complexity index is 188. The van der Waals surface area contributed by atoms with E-state index in [4.69, 9.17) is 0 Å². The van der Waals surface area contributed by atoms with E-state index in [1.807, 2.05) is 0 Å². The van der Waals surface area contributed by atoms with Crippen molar-refractivity contribution in [2.24, 2.45) is 0 Å². The van der Waals surface area contributed by atoms with Crippen molar-refractivity contribution in [1.29, 1.82) is 0 Å². The zero-order valence-electron chi connectivity index (χ0n) is 12.9. The summed E-state index contributed by atoms with van der Waals surface area (Å²) >= 11 is 0. The predicted octanol–water partition coefficient (Wildman–Crippen LogP) is 6.10. The quantitative estimate of drug-likeness (QED) is 0.246. The van der Waals surface area contributed by atoms with Crippen molar-refractivity contribution in [2.45, 2.75) is 97.3 Å². The van der Waals surface area contributed by atoms with Crippen LogP contribution >= 0.6 is 0 Å². The van der Waals surface area contributed by atoms with Crippen LogP contribution in [0.5, 0.6) is 0 Å². The minimum atomic E-state index is 0. The van der Waals surface area contributed by atoms with Gasteiger partial charge in [-0.1, -0.05) is 71.6 Å². The summed E-state index contributed by atoms with van der Waals surface area (Å²) in [5, 5.41) is 0. The smallest absolute Gasteiger partial charge is 0.00886 e. The van der Waals surface area contributed by atoms with E-state index in [0.29, 0.717) is 0 Å². The Balaban J connectivity index is 0. The van der Waals surface area contributed by atoms with Crippen LogP contribution in [0.1, 0.15) is 97.3 Å². The number of unbranched alkanes of at least 4 members (excludes halogenated alkanes) is 11. The van der Waals surface area contributed by atoms with Crippen LogP contribution in [-0.4, -0.2) is 0 Å². The molecule has 0 aliphatic rings. The molecule has 0 saturated heterocycles. The third-order valence-corrected chi connectivity index (χ3v) is 3.19. The average molecular weight is 302 g/mol. The SMILES string of the molecule is CCCCCCC#CCCCCCCCCC.[Zn]. The van der Waals surface area contributed by atoms with Gasteiger partial charge in [-0.3, -0.25) is 0 Å². The summed E-state index contributed by atoms with van der Waals surface area (Å²) in [5.41, 5.74) is 0. The van der Waals surface area contributed by atoms with E-state index >= 15 is 0 Å². The molecule has 0 bridgehead atoms. The molecule has 0 spiro atoms. The first-order chi connectivity index (χ1) is 8.41. The van der Waals surface area contributed by atoms with Gasteiger partial charge in [-0.05, 0) is 12.8 Å². The van der Waals surface area contributed by atoms with Crippen LogP contribution in [0.3, 0.4) is 0 Å². The van der Waals surface area contributed by atoms with Gasteiger partial charge in [0.1, 0.15) is 0 Å². The van der Waals surface area contributed by atoms with Gasteiger partial charge >= 0.3 is 0 Å². The molecular formula is C17H32Zn. The average Bonchev–Trinajstić information content (AvgIpc) is 2.35. The Morgan fingerprint density at radius 1 is 0.500 bits per heavy atom. The van der Waals surface area contributed by atoms with E-state index in [1.54, 1.807) is 0 Å². The molecule has 0 aromatic carbocycles. The molecule has 0 heterocycles. The molecule has 0 N–H and O–H groups in total. The van der Waals surface area contributed by atoms with Gasteiger partial charge in [-0.25, -0.2) is 0 Å². The molecule has 0 aromatic rings. The van der Waals surface area contributed by atoms with Crippen molar-refractivity contribution in [1.82, 2.24) is 0 Å². The zero-order chi connectivity index (χ0) is 12.6. The van der Waals surface area contributed by atoms with Crippen molar-refractivity contribution in [2.75, 3.05) is 0 Å². The Hall–Kier alpha value is 0.183. The first kappa shape index (κ1) is 20.5. The summed E-state index contributed by atoms with van der Waals surface area (Å²) in [6.45, 7) is 4.53. The largest absolute Gasteiger partial charge is 0.103 e. The standard InChI is InChI=1S/C17H32.Zn/c1-3-5-7-9-11-13-15-17-16-14-12-10-8-6-4-2;/h3-13,15,17H2,1-2H3;. The van der Waals surface area contributed by atoms with Crippen LogP contribution in [0.2, 0.25) is 0 Å². The maximum atomic E-state index is 3.31. The molecule has 1 heteroatoms. The molecule has 102 valence electrons. The van der Waals surface area contributed by atoms with E-state index in [1.165, 1.54) is 70.6 Å². The summed E-state index contributed by atoms with van der Waals surface area (Å²) in [7, 11) is 0. The van der Waals surface area contributed by atoms with E-state index in [9.17, 15) is 0 Å². The maximum absolute atomic E-state index is 3.31. The molecule has 0 amide bonds. The first-order valence-electron chi connectivity index (χ1n) is 7.87. The summed E-state index contributed by atoms with van der Waals surface area (Å²) in [6, 6.07) is 0. The summed E-state index contributed by atoms with van der Waals surface area (Å²) < 4.78 is 0. The van der Waals surface area contributed by atoms with Crippen LogP contribution in [0.25, 0.3) is 0 Å². The molecule has 0 aliphatic carbocycles. The third kappa shape index (κ3) is 18.5. The number of hydrogen-bond acceptors (Lipinski definition) is 0. The van der Waals surface area contributed by atoms with Gasteiger partial charge in [0.2, 0.25) is 0 Å². The van der Waals surface area contributed by atoms with E-state index in [2.05, 4.69) is 25.7 Å². The Kier molecular flexibility index (Phi) is 22.2. The van der Waals surface area contributed by atoms with Crippen molar-refractivity contribution >= 4 is 0 Å². The molecule has 0 rings (SSSR count). The third-order valence-electron chi connectivity index (χ3n) is 3.19. The molecule has 0 saturated carbocycles. The van der Waals surface area contributed by atoms with Crippen molar-refractivity contribution in [3.63, 3.8) is 0 Å². The number of hydrogen-bond donors (Lipinski definition) is 0. The van der Waals surface area contributed by atoms with Gasteiger partial charge < -0.3 is 0 Å². The van der Waals surface area contributed by atoms with E-state index in [0.717, 1.165) is 12.8 Å². The fourth-order valence-corrected chi connectivity index (χ4v) is 1.99. The maximum Gasteiger partial charge on any atom is 0.00886 e. The molecule has 0 unspecified atom stereocenters. The summed E-state index contributed by atoms with van der Waals surface area (Å²) in [4.78, 5) is 0. The Morgan fingerprint density at radius 3 is 1.28 bits per heavy atom. The molecule has 0 atom stereocenters. The second-order valence-corrected chi connectivity index (χ2v) is 5.04. The summed E-state index contributed by atoms with van der Waals surface area (Å²) in [6.07, 6.45) is 17.4. The number of rotatable bonds is 11. The topological polar surface area (TPSA) is 0 Å². The van der Waals surface area contributed by atoms with Crippen molar-refractivity contribution < 1.29 is 19.5 Å². The monoisotopic (exact) mass is 300 g/mol. The van der Waals surface area contributed by atoms with E-state index in [-0.39, 0.29) is 19.5 Å². The Morgan fingerprint density at radius 2 is 0.833 bits per heavy atom. The van der Waals surface area contributed by atoms with Crippen LogP contribution < -0.4 is 0 Å². The Labute approximate surface area is 128 Å². The predicted molar refractivity (Wildman–Crippen MR) is 79.1 cm³/mol. The van der Waals surface area contributed by atoms with Crippen molar-refractivity contribution in [3.8, 4) is 11.8 Å². The second-order valence-electron chi connectivity index (χ2n) is 5.04. The zero-order valence-corrected chi connectivity index (χ0v) is 15.9. The molecule has 0 nitrogen and oxygen atoms in total. The van der Waals surface area contributed by atoms with Crippen LogP contribution in [0, 0.1) is 11.8 Å². The molecular weight excluding hydrogens is 270 g/mol. The normalized spacial score (nSPS) is 9.44. The minimum absolute atomic E-state index is 0. The van der Waals surface area contributed by atoms with Gasteiger partial charge in [0, 0.05) is 32.3 Å². The van der Waals surface area contributed by atoms with Gasteiger partial charge in [0.05, 0.1) is 0 Å².